The number of carbonyl (C=O) groups excluding carboxylic acids is 2. The molecule has 1 N–H and O–H groups in total. The minimum atomic E-state index is -0.604. The molecule has 0 unspecified atom stereocenters. The lowest BCUT2D eigenvalue weighted by Crippen LogP contribution is -2.49. The van der Waals surface area contributed by atoms with Gasteiger partial charge < -0.3 is 15.0 Å². The predicted molar refractivity (Wildman–Crippen MR) is 107 cm³/mol. The van der Waals surface area contributed by atoms with Crippen molar-refractivity contribution in [1.82, 2.24) is 10.2 Å². The van der Waals surface area contributed by atoms with Gasteiger partial charge in [0.25, 0.3) is 5.91 Å². The molecule has 1 atom stereocenters. The van der Waals surface area contributed by atoms with E-state index in [0.29, 0.717) is 23.9 Å². The summed E-state index contributed by atoms with van der Waals surface area (Å²) in [6, 6.07) is 15.8. The van der Waals surface area contributed by atoms with E-state index >= 15 is 0 Å². The average molecular weight is 389 g/mol. The van der Waals surface area contributed by atoms with E-state index in [1.165, 1.54) is 4.90 Å². The van der Waals surface area contributed by atoms with Gasteiger partial charge in [0.05, 0.1) is 0 Å². The van der Waals surface area contributed by atoms with E-state index < -0.39 is 6.04 Å². The molecule has 0 radical (unpaired) electrons. The van der Waals surface area contributed by atoms with E-state index in [-0.39, 0.29) is 18.4 Å². The molecule has 5 nitrogen and oxygen atoms in total. The van der Waals surface area contributed by atoms with E-state index in [2.05, 4.69) is 5.32 Å². The van der Waals surface area contributed by atoms with Gasteiger partial charge in [-0.05, 0) is 37.1 Å². The summed E-state index contributed by atoms with van der Waals surface area (Å²) in [6.45, 7) is 4.45. The molecule has 6 heteroatoms. The van der Waals surface area contributed by atoms with Crippen molar-refractivity contribution in [3.63, 3.8) is 0 Å². The largest absolute Gasteiger partial charge is 0.484 e. The summed E-state index contributed by atoms with van der Waals surface area (Å²) in [5.41, 5.74) is 0.948. The second kappa shape index (κ2) is 10.6. The molecule has 2 amide bonds. The highest BCUT2D eigenvalue weighted by molar-refractivity contribution is 6.30. The molecule has 2 rings (SSSR count). The van der Waals surface area contributed by atoms with E-state index in [9.17, 15) is 9.59 Å². The molecule has 0 bridgehead atoms. The number of hydrogen-bond donors (Lipinski definition) is 1. The van der Waals surface area contributed by atoms with Crippen molar-refractivity contribution in [3.05, 3.63) is 65.2 Å². The van der Waals surface area contributed by atoms with Crippen molar-refractivity contribution >= 4 is 23.4 Å². The number of nitrogens with one attached hydrogen (secondary N) is 1. The lowest BCUT2D eigenvalue weighted by Gasteiger charge is -2.28. The fourth-order valence-electron chi connectivity index (χ4n) is 2.54. The van der Waals surface area contributed by atoms with Gasteiger partial charge in [0, 0.05) is 18.1 Å². The Hall–Kier alpha value is -2.53. The minimum absolute atomic E-state index is 0.168. The first-order chi connectivity index (χ1) is 13.0. The predicted octanol–water partition coefficient (Wildman–Crippen LogP) is 3.66. The average Bonchev–Trinajstić information content (AvgIpc) is 2.68. The van der Waals surface area contributed by atoms with Crippen LogP contribution in [0.1, 0.15) is 25.8 Å². The van der Waals surface area contributed by atoms with Gasteiger partial charge in [-0.25, -0.2) is 0 Å². The number of hydrogen-bond acceptors (Lipinski definition) is 3. The number of ether oxygens (including phenoxy) is 1. The second-order valence-corrected chi connectivity index (χ2v) is 6.66. The molecule has 2 aromatic carbocycles. The van der Waals surface area contributed by atoms with Crippen LogP contribution in [0.3, 0.4) is 0 Å². The maximum Gasteiger partial charge on any atom is 0.261 e. The van der Waals surface area contributed by atoms with E-state index in [1.807, 2.05) is 37.3 Å². The van der Waals surface area contributed by atoms with Gasteiger partial charge in [-0.1, -0.05) is 54.9 Å². The molecule has 0 saturated carbocycles. The fourth-order valence-corrected chi connectivity index (χ4v) is 2.72. The Bertz CT molecular complexity index is 752. The third-order valence-corrected chi connectivity index (χ3v) is 4.31. The van der Waals surface area contributed by atoms with Crippen LogP contribution >= 0.6 is 11.6 Å². The zero-order valence-electron chi connectivity index (χ0n) is 15.7. The summed E-state index contributed by atoms with van der Waals surface area (Å²) in [5.74, 6) is 0.0699. The van der Waals surface area contributed by atoms with Crippen molar-refractivity contribution in [3.8, 4) is 5.75 Å². The van der Waals surface area contributed by atoms with Gasteiger partial charge >= 0.3 is 0 Å². The van der Waals surface area contributed by atoms with Crippen LogP contribution in [-0.4, -0.2) is 35.9 Å². The molecule has 0 aliphatic carbocycles. The Morgan fingerprint density at radius 1 is 1.15 bits per heavy atom. The Labute approximate surface area is 165 Å². The zero-order chi connectivity index (χ0) is 19.6. The topological polar surface area (TPSA) is 58.6 Å². The Kier molecular flexibility index (Phi) is 8.14. The highest BCUT2D eigenvalue weighted by Crippen LogP contribution is 2.17. The molecule has 144 valence electrons. The fraction of sp³-hybridized carbons (Fsp3) is 0.333. The monoisotopic (exact) mass is 388 g/mol. The number of rotatable bonds is 9. The van der Waals surface area contributed by atoms with Crippen molar-refractivity contribution in [2.45, 2.75) is 32.9 Å². The molecular weight excluding hydrogens is 364 g/mol. The molecule has 27 heavy (non-hydrogen) atoms. The van der Waals surface area contributed by atoms with E-state index in [0.717, 1.165) is 12.0 Å². The highest BCUT2D eigenvalue weighted by atomic mass is 35.5. The number of benzene rings is 2. The van der Waals surface area contributed by atoms with Crippen molar-refractivity contribution < 1.29 is 14.3 Å². The molecule has 0 heterocycles. The van der Waals surface area contributed by atoms with Crippen LogP contribution in [0.2, 0.25) is 5.02 Å². The van der Waals surface area contributed by atoms with Crippen LogP contribution < -0.4 is 10.1 Å². The molecule has 2 aromatic rings. The van der Waals surface area contributed by atoms with Gasteiger partial charge in [0.15, 0.2) is 6.61 Å². The molecule has 0 fully saturated rings. The van der Waals surface area contributed by atoms with Crippen LogP contribution in [0, 0.1) is 0 Å². The summed E-state index contributed by atoms with van der Waals surface area (Å²) in [4.78, 5) is 26.7. The van der Waals surface area contributed by atoms with Crippen molar-refractivity contribution in [2.75, 3.05) is 13.2 Å². The zero-order valence-corrected chi connectivity index (χ0v) is 16.4. The number of halogens is 1. The van der Waals surface area contributed by atoms with Gasteiger partial charge in [0.2, 0.25) is 5.91 Å². The maximum absolute atomic E-state index is 12.8. The first-order valence-electron chi connectivity index (χ1n) is 9.00. The third kappa shape index (κ3) is 6.61. The molecule has 0 aromatic heterocycles. The molecule has 0 aliphatic heterocycles. The quantitative estimate of drug-likeness (QED) is 0.713. The summed E-state index contributed by atoms with van der Waals surface area (Å²) in [7, 11) is 0. The van der Waals surface area contributed by atoms with Crippen LogP contribution in [-0.2, 0) is 16.1 Å². The minimum Gasteiger partial charge on any atom is -0.484 e. The SMILES string of the molecule is CCCNC(=O)[C@H](C)N(Cc1ccccc1)C(=O)COc1cccc(Cl)c1. The van der Waals surface area contributed by atoms with E-state index in [1.54, 1.807) is 31.2 Å². The third-order valence-electron chi connectivity index (χ3n) is 4.07. The number of amides is 2. The van der Waals surface area contributed by atoms with Gasteiger partial charge in [-0.2, -0.15) is 0 Å². The van der Waals surface area contributed by atoms with Crippen LogP contribution in [0.4, 0.5) is 0 Å². The summed E-state index contributed by atoms with van der Waals surface area (Å²) < 4.78 is 5.57. The van der Waals surface area contributed by atoms with Gasteiger partial charge in [-0.15, -0.1) is 0 Å². The van der Waals surface area contributed by atoms with Crippen LogP contribution in [0.5, 0.6) is 5.75 Å². The summed E-state index contributed by atoms with van der Waals surface area (Å²) >= 11 is 5.94. The molecule has 0 spiro atoms. The van der Waals surface area contributed by atoms with Crippen LogP contribution in [0.15, 0.2) is 54.6 Å². The standard InChI is InChI=1S/C21H25ClN2O3/c1-3-12-23-21(26)16(2)24(14-17-8-5-4-6-9-17)20(25)15-27-19-11-7-10-18(22)13-19/h4-11,13,16H,3,12,14-15H2,1-2H3,(H,23,26)/t16-/m0/s1. The molecule has 0 saturated heterocycles. The lowest BCUT2D eigenvalue weighted by atomic mass is 10.1. The van der Waals surface area contributed by atoms with Gasteiger partial charge in [-0.3, -0.25) is 9.59 Å². The first-order valence-corrected chi connectivity index (χ1v) is 9.38. The first kappa shape index (κ1) is 20.8. The summed E-state index contributed by atoms with van der Waals surface area (Å²) in [6.07, 6.45) is 0.836. The normalized spacial score (nSPS) is 11.5. The second-order valence-electron chi connectivity index (χ2n) is 6.22. The van der Waals surface area contributed by atoms with Crippen molar-refractivity contribution in [1.29, 1.82) is 0 Å². The smallest absolute Gasteiger partial charge is 0.261 e. The Morgan fingerprint density at radius 3 is 2.56 bits per heavy atom. The van der Waals surface area contributed by atoms with Crippen LogP contribution in [0.25, 0.3) is 0 Å². The Balaban J connectivity index is 2.09. The summed E-state index contributed by atoms with van der Waals surface area (Å²) in [5, 5.41) is 3.38. The molecule has 0 aliphatic rings. The highest BCUT2D eigenvalue weighted by Gasteiger charge is 2.26. The lowest BCUT2D eigenvalue weighted by molar-refractivity contribution is -0.142. The molecular formula is C21H25ClN2O3. The number of carbonyl (C=O) groups is 2. The van der Waals surface area contributed by atoms with E-state index in [4.69, 9.17) is 16.3 Å². The number of nitrogens with zero attached hydrogens (tertiary/aromatic N) is 1. The van der Waals surface area contributed by atoms with Crippen molar-refractivity contribution in [2.24, 2.45) is 0 Å². The maximum atomic E-state index is 12.8. The Morgan fingerprint density at radius 2 is 1.89 bits per heavy atom. The van der Waals surface area contributed by atoms with Gasteiger partial charge in [0.1, 0.15) is 11.8 Å².